The molecule has 24 heavy (non-hydrogen) atoms. The van der Waals surface area contributed by atoms with Crippen LogP contribution in [0.15, 0.2) is 0 Å². The smallest absolute Gasteiger partial charge is 0.465 e. The van der Waals surface area contributed by atoms with Crippen molar-refractivity contribution in [1.82, 2.24) is 10.2 Å². The first-order valence-corrected chi connectivity index (χ1v) is 7.03. The highest BCUT2D eigenvalue weighted by Crippen LogP contribution is 2.23. The molecular formula is C13H20F3N3O5. The number of hydrogen-bond donors (Lipinski definition) is 2. The molecule has 0 aromatic carbocycles. The number of rotatable bonds is 7. The van der Waals surface area contributed by atoms with Crippen molar-refractivity contribution in [3.05, 3.63) is 0 Å². The molecule has 0 aliphatic carbocycles. The zero-order valence-electron chi connectivity index (χ0n) is 13.5. The molecule has 3 amide bonds. The first-order chi connectivity index (χ1) is 11.0. The quantitative estimate of drug-likeness (QED) is 0.598. The van der Waals surface area contributed by atoms with Gasteiger partial charge in [-0.15, -0.1) is 0 Å². The average Bonchev–Trinajstić information content (AvgIpc) is 2.47. The fourth-order valence-electron chi connectivity index (χ4n) is 1.82. The van der Waals surface area contributed by atoms with Crippen LogP contribution in [0.5, 0.6) is 0 Å². The van der Waals surface area contributed by atoms with Crippen molar-refractivity contribution in [3.8, 4) is 0 Å². The van der Waals surface area contributed by atoms with E-state index in [0.717, 1.165) is 0 Å². The lowest BCUT2D eigenvalue weighted by Crippen LogP contribution is -2.59. The fraction of sp³-hybridized carbons (Fsp3) is 0.692. The van der Waals surface area contributed by atoms with E-state index in [2.05, 4.69) is 4.74 Å². The predicted molar refractivity (Wildman–Crippen MR) is 75.2 cm³/mol. The van der Waals surface area contributed by atoms with Gasteiger partial charge in [-0.25, -0.2) is 0 Å². The monoisotopic (exact) mass is 355 g/mol. The number of halogens is 3. The van der Waals surface area contributed by atoms with Gasteiger partial charge < -0.3 is 15.8 Å². The Kier molecular flexibility index (Phi) is 8.37. The zero-order valence-corrected chi connectivity index (χ0v) is 13.5. The summed E-state index contributed by atoms with van der Waals surface area (Å²) in [5, 5.41) is 2.05. The van der Waals surface area contributed by atoms with E-state index >= 15 is 0 Å². The second-order valence-electron chi connectivity index (χ2n) is 4.98. The highest BCUT2D eigenvalue weighted by molar-refractivity contribution is 6.03. The van der Waals surface area contributed by atoms with E-state index in [4.69, 9.17) is 5.73 Å². The Morgan fingerprint density at radius 1 is 1.21 bits per heavy atom. The largest absolute Gasteiger partial charge is 0.471 e. The molecule has 0 aliphatic heterocycles. The first kappa shape index (κ1) is 21.8. The van der Waals surface area contributed by atoms with Gasteiger partial charge in [-0.3, -0.25) is 24.1 Å². The van der Waals surface area contributed by atoms with Gasteiger partial charge in [0, 0.05) is 0 Å². The number of amides is 3. The van der Waals surface area contributed by atoms with E-state index in [-0.39, 0.29) is 11.5 Å². The minimum absolute atomic E-state index is 0.0483. The number of carbonyl (C=O) groups is 4. The molecule has 1 atom stereocenters. The average molecular weight is 355 g/mol. The zero-order chi connectivity index (χ0) is 19.1. The summed E-state index contributed by atoms with van der Waals surface area (Å²) in [5.74, 6) is -6.62. The maximum atomic E-state index is 12.7. The number of esters is 1. The van der Waals surface area contributed by atoms with Crippen molar-refractivity contribution in [1.29, 1.82) is 0 Å². The summed E-state index contributed by atoms with van der Waals surface area (Å²) in [6, 6.07) is -1.77. The number of nitrogens with zero attached hydrogens (tertiary/aromatic N) is 1. The normalized spacial score (nSPS) is 12.5. The van der Waals surface area contributed by atoms with Crippen LogP contribution in [0.1, 0.15) is 20.8 Å². The minimum Gasteiger partial charge on any atom is -0.465 e. The van der Waals surface area contributed by atoms with Crippen molar-refractivity contribution in [2.75, 3.05) is 19.7 Å². The van der Waals surface area contributed by atoms with Crippen LogP contribution in [0.2, 0.25) is 0 Å². The molecule has 0 aliphatic rings. The highest BCUT2D eigenvalue weighted by atomic mass is 19.4. The number of nitrogens with two attached hydrogens (primary N) is 1. The lowest BCUT2D eigenvalue weighted by atomic mass is 10.0. The third-order valence-electron chi connectivity index (χ3n) is 2.80. The lowest BCUT2D eigenvalue weighted by Gasteiger charge is -2.31. The van der Waals surface area contributed by atoms with Gasteiger partial charge >= 0.3 is 18.1 Å². The van der Waals surface area contributed by atoms with E-state index in [9.17, 15) is 32.3 Å². The van der Waals surface area contributed by atoms with Crippen LogP contribution in [0.3, 0.4) is 0 Å². The summed E-state index contributed by atoms with van der Waals surface area (Å²) in [5.41, 5.74) is 5.04. The number of imide groups is 1. The lowest BCUT2D eigenvalue weighted by molar-refractivity contribution is -0.191. The van der Waals surface area contributed by atoms with Gasteiger partial charge in [0.25, 0.3) is 0 Å². The molecule has 138 valence electrons. The van der Waals surface area contributed by atoms with Gasteiger partial charge in [0.2, 0.25) is 11.8 Å². The Labute approximate surface area is 136 Å². The second-order valence-corrected chi connectivity index (χ2v) is 4.98. The Morgan fingerprint density at radius 2 is 1.75 bits per heavy atom. The van der Waals surface area contributed by atoms with E-state index in [1.54, 1.807) is 0 Å². The predicted octanol–water partition coefficient (Wildman–Crippen LogP) is -0.433. The molecular weight excluding hydrogens is 335 g/mol. The number of hydrogen-bond acceptors (Lipinski definition) is 6. The first-order valence-electron chi connectivity index (χ1n) is 7.03. The Bertz CT molecular complexity index is 494. The number of nitrogens with one attached hydrogen (secondary N) is 1. The Morgan fingerprint density at radius 3 is 2.12 bits per heavy atom. The van der Waals surface area contributed by atoms with Crippen LogP contribution in [0, 0.1) is 5.92 Å². The van der Waals surface area contributed by atoms with Gasteiger partial charge in [-0.2, -0.15) is 13.2 Å². The second kappa shape index (κ2) is 9.21. The highest BCUT2D eigenvalue weighted by Gasteiger charge is 2.49. The molecule has 0 fully saturated rings. The molecule has 0 rings (SSSR count). The Hall–Kier alpha value is -2.17. The molecule has 8 nitrogen and oxygen atoms in total. The van der Waals surface area contributed by atoms with Crippen LogP contribution < -0.4 is 11.1 Å². The standard InChI is InChI=1S/C13H20F3N3O5/c1-4-24-9(21)6-18-11(22)10(7(2)3)19(8(20)5-17)12(23)13(14,15)16/h7,10H,4-6,17H2,1-3H3,(H,18,22)/t10-/m1/s1. The van der Waals surface area contributed by atoms with E-state index < -0.39 is 54.9 Å². The summed E-state index contributed by atoms with van der Waals surface area (Å²) in [6.45, 7) is 2.76. The molecule has 0 heterocycles. The summed E-state index contributed by atoms with van der Waals surface area (Å²) in [6.07, 6.45) is -5.36. The van der Waals surface area contributed by atoms with Crippen LogP contribution in [-0.2, 0) is 23.9 Å². The molecule has 0 unspecified atom stereocenters. The fourth-order valence-corrected chi connectivity index (χ4v) is 1.82. The van der Waals surface area contributed by atoms with Crippen LogP contribution >= 0.6 is 0 Å². The molecule has 0 bridgehead atoms. The summed E-state index contributed by atoms with van der Waals surface area (Å²) in [4.78, 5) is 46.3. The molecule has 0 spiro atoms. The van der Waals surface area contributed by atoms with Gasteiger partial charge in [0.15, 0.2) is 0 Å². The van der Waals surface area contributed by atoms with Crippen LogP contribution in [0.25, 0.3) is 0 Å². The molecule has 0 radical (unpaired) electrons. The van der Waals surface area contributed by atoms with E-state index in [1.165, 1.54) is 20.8 Å². The third-order valence-corrected chi connectivity index (χ3v) is 2.80. The van der Waals surface area contributed by atoms with E-state index in [1.807, 2.05) is 5.32 Å². The Balaban J connectivity index is 5.47. The van der Waals surface area contributed by atoms with Crippen molar-refractivity contribution in [2.24, 2.45) is 11.7 Å². The van der Waals surface area contributed by atoms with Crippen molar-refractivity contribution < 1.29 is 37.1 Å². The molecule has 3 N–H and O–H groups in total. The summed E-state index contributed by atoms with van der Waals surface area (Å²) >= 11 is 0. The maximum Gasteiger partial charge on any atom is 0.471 e. The van der Waals surface area contributed by atoms with Crippen LogP contribution in [0.4, 0.5) is 13.2 Å². The van der Waals surface area contributed by atoms with Gasteiger partial charge in [-0.05, 0) is 12.8 Å². The topological polar surface area (TPSA) is 119 Å². The molecule has 0 saturated carbocycles. The van der Waals surface area contributed by atoms with Crippen molar-refractivity contribution in [3.63, 3.8) is 0 Å². The van der Waals surface area contributed by atoms with Gasteiger partial charge in [0.1, 0.15) is 12.6 Å². The molecule has 11 heteroatoms. The van der Waals surface area contributed by atoms with E-state index in [0.29, 0.717) is 0 Å². The van der Waals surface area contributed by atoms with Crippen molar-refractivity contribution >= 4 is 23.7 Å². The molecule has 0 saturated heterocycles. The number of alkyl halides is 3. The molecule has 0 aromatic heterocycles. The number of ether oxygens (including phenoxy) is 1. The van der Waals surface area contributed by atoms with Crippen LogP contribution in [-0.4, -0.2) is 60.5 Å². The summed E-state index contributed by atoms with van der Waals surface area (Å²) in [7, 11) is 0. The minimum atomic E-state index is -5.36. The SMILES string of the molecule is CCOC(=O)CNC(=O)[C@@H](C(C)C)N(C(=O)CN)C(=O)C(F)(F)F. The molecule has 0 aromatic rings. The number of carbonyl (C=O) groups excluding carboxylic acids is 4. The van der Waals surface area contributed by atoms with Gasteiger partial charge in [0.05, 0.1) is 13.2 Å². The van der Waals surface area contributed by atoms with Crippen molar-refractivity contribution in [2.45, 2.75) is 33.0 Å². The summed E-state index contributed by atoms with van der Waals surface area (Å²) < 4.78 is 42.7. The third kappa shape index (κ3) is 6.14. The van der Waals surface area contributed by atoms with Gasteiger partial charge in [-0.1, -0.05) is 13.8 Å². The maximum absolute atomic E-state index is 12.7.